The third-order valence-corrected chi connectivity index (χ3v) is 4.19. The number of halogens is 2. The minimum Gasteiger partial charge on any atom is -0.324 e. The van der Waals surface area contributed by atoms with E-state index in [0.717, 1.165) is 23.7 Å². The maximum absolute atomic E-state index is 13.4. The number of nitrogens with one attached hydrogen (secondary N) is 3. The van der Waals surface area contributed by atoms with Gasteiger partial charge in [-0.3, -0.25) is 14.6 Å². The van der Waals surface area contributed by atoms with Crippen molar-refractivity contribution in [2.45, 2.75) is 32.7 Å². The van der Waals surface area contributed by atoms with Gasteiger partial charge in [-0.25, -0.2) is 8.78 Å². The number of aromatic nitrogens is 1. The Balaban J connectivity index is 1.86. The van der Waals surface area contributed by atoms with Crippen LogP contribution in [0.25, 0.3) is 0 Å². The quantitative estimate of drug-likeness (QED) is 0.769. The number of anilines is 2. The van der Waals surface area contributed by atoms with Crippen LogP contribution in [0.15, 0.2) is 30.6 Å². The summed E-state index contributed by atoms with van der Waals surface area (Å²) in [6.45, 7) is 3.32. The molecule has 1 aliphatic rings. The molecule has 1 aromatic carbocycles. The number of nitrogens with zero attached hydrogens (tertiary/aromatic N) is 1. The molecule has 1 aromatic heterocycles. The Labute approximate surface area is 155 Å². The molecule has 0 spiro atoms. The second-order valence-electron chi connectivity index (χ2n) is 6.71. The summed E-state index contributed by atoms with van der Waals surface area (Å²) in [7, 11) is 0. The molecular formula is C19H20F2N4O2. The van der Waals surface area contributed by atoms with E-state index in [1.807, 2.05) is 6.92 Å². The smallest absolute Gasteiger partial charge is 0.256 e. The van der Waals surface area contributed by atoms with Crippen LogP contribution in [0.2, 0.25) is 0 Å². The van der Waals surface area contributed by atoms with Crippen LogP contribution in [0, 0.1) is 6.92 Å². The molecule has 142 valence electrons. The Kier molecular flexibility index (Phi) is 5.18. The fourth-order valence-electron chi connectivity index (χ4n) is 3.07. The molecular weight excluding hydrogens is 354 g/mol. The van der Waals surface area contributed by atoms with Gasteiger partial charge in [0.05, 0.1) is 6.54 Å². The monoisotopic (exact) mass is 374 g/mol. The molecule has 0 aliphatic carbocycles. The van der Waals surface area contributed by atoms with Gasteiger partial charge in [0.15, 0.2) is 0 Å². The first kappa shape index (κ1) is 18.9. The van der Waals surface area contributed by atoms with Crippen molar-refractivity contribution in [3.63, 3.8) is 0 Å². The van der Waals surface area contributed by atoms with E-state index in [-0.39, 0.29) is 23.6 Å². The second-order valence-corrected chi connectivity index (χ2v) is 6.71. The largest absolute Gasteiger partial charge is 0.324 e. The highest BCUT2D eigenvalue weighted by Crippen LogP contribution is 2.28. The molecule has 1 aliphatic heterocycles. The lowest BCUT2D eigenvalue weighted by Crippen LogP contribution is -2.23. The number of carbonyl (C=O) groups is 2. The molecule has 0 bridgehead atoms. The highest BCUT2D eigenvalue weighted by Gasteiger charge is 2.25. The van der Waals surface area contributed by atoms with Crippen molar-refractivity contribution in [3.8, 4) is 0 Å². The number of benzene rings is 1. The van der Waals surface area contributed by atoms with E-state index >= 15 is 0 Å². The molecule has 0 saturated heterocycles. The Morgan fingerprint density at radius 1 is 1.33 bits per heavy atom. The summed E-state index contributed by atoms with van der Waals surface area (Å²) in [5.74, 6) is -3.56. The first-order valence-corrected chi connectivity index (χ1v) is 8.49. The lowest BCUT2D eigenvalue weighted by Gasteiger charge is -2.16. The van der Waals surface area contributed by atoms with Crippen LogP contribution in [0.5, 0.6) is 0 Å². The molecule has 2 aromatic rings. The van der Waals surface area contributed by atoms with Gasteiger partial charge in [-0.1, -0.05) is 0 Å². The fraction of sp³-hybridized carbons (Fsp3) is 0.316. The van der Waals surface area contributed by atoms with E-state index in [4.69, 9.17) is 0 Å². The van der Waals surface area contributed by atoms with Gasteiger partial charge >= 0.3 is 0 Å². The third-order valence-electron chi connectivity index (χ3n) is 4.19. The maximum Gasteiger partial charge on any atom is 0.256 e. The minimum absolute atomic E-state index is 0.129. The second kappa shape index (κ2) is 7.40. The van der Waals surface area contributed by atoms with E-state index in [2.05, 4.69) is 20.9 Å². The Hall–Kier alpha value is -2.87. The van der Waals surface area contributed by atoms with Crippen LogP contribution < -0.4 is 16.0 Å². The van der Waals surface area contributed by atoms with Crippen molar-refractivity contribution in [3.05, 3.63) is 52.8 Å². The molecule has 2 heterocycles. The molecule has 3 N–H and O–H groups in total. The van der Waals surface area contributed by atoms with Crippen LogP contribution in [-0.4, -0.2) is 29.3 Å². The van der Waals surface area contributed by atoms with Gasteiger partial charge < -0.3 is 16.0 Å². The minimum atomic E-state index is -2.94. The van der Waals surface area contributed by atoms with E-state index in [9.17, 15) is 18.4 Å². The van der Waals surface area contributed by atoms with Gasteiger partial charge in [0.2, 0.25) is 11.8 Å². The molecule has 6 nitrogen and oxygen atoms in total. The van der Waals surface area contributed by atoms with Crippen LogP contribution in [0.1, 0.15) is 34.0 Å². The summed E-state index contributed by atoms with van der Waals surface area (Å²) in [6, 6.07) is 4.92. The fourth-order valence-corrected chi connectivity index (χ4v) is 3.07. The molecule has 0 fully saturated rings. The average Bonchev–Trinajstić information content (AvgIpc) is 2.75. The molecule has 27 heavy (non-hydrogen) atoms. The number of carbonyl (C=O) groups excluding carboxylic acids is 2. The van der Waals surface area contributed by atoms with Crippen LogP contribution in [0.4, 0.5) is 20.2 Å². The van der Waals surface area contributed by atoms with Crippen molar-refractivity contribution in [1.29, 1.82) is 0 Å². The van der Waals surface area contributed by atoms with Crippen molar-refractivity contribution in [2.24, 2.45) is 0 Å². The van der Waals surface area contributed by atoms with Gasteiger partial charge in [0, 0.05) is 42.3 Å². The molecule has 0 saturated carbocycles. The molecule has 8 heteroatoms. The number of amides is 2. The average molecular weight is 374 g/mol. The molecule has 0 atom stereocenters. The zero-order chi connectivity index (χ0) is 19.6. The summed E-state index contributed by atoms with van der Waals surface area (Å²) < 4.78 is 26.8. The number of aryl methyl sites for hydroxylation is 1. The molecule has 2 amide bonds. The summed E-state index contributed by atoms with van der Waals surface area (Å²) in [5.41, 5.74) is 3.23. The first-order chi connectivity index (χ1) is 12.7. The highest BCUT2D eigenvalue weighted by atomic mass is 19.3. The highest BCUT2D eigenvalue weighted by molar-refractivity contribution is 6.05. The van der Waals surface area contributed by atoms with Gasteiger partial charge in [-0.2, -0.15) is 0 Å². The molecule has 0 unspecified atom stereocenters. The SMILES string of the molecule is Cc1cc(NC(=O)c2ccncc2CC(C)(F)F)cc2c1NC(=O)CNC2. The van der Waals surface area contributed by atoms with E-state index in [1.165, 1.54) is 18.5 Å². The van der Waals surface area contributed by atoms with Gasteiger partial charge in [0.25, 0.3) is 5.91 Å². The standard InChI is InChI=1S/C19H20F2N4O2/c1-11-5-14(6-12-8-23-10-16(26)25-17(11)12)24-18(27)15-3-4-22-9-13(15)7-19(2,20)21/h3-6,9,23H,7-8,10H2,1-2H3,(H,24,27)(H,25,26). The number of hydrogen-bond donors (Lipinski definition) is 3. The summed E-state index contributed by atoms with van der Waals surface area (Å²) in [4.78, 5) is 28.2. The van der Waals surface area contributed by atoms with E-state index in [1.54, 1.807) is 12.1 Å². The zero-order valence-corrected chi connectivity index (χ0v) is 15.0. The van der Waals surface area contributed by atoms with Crippen molar-refractivity contribution < 1.29 is 18.4 Å². The van der Waals surface area contributed by atoms with Crippen LogP contribution in [0.3, 0.4) is 0 Å². The predicted molar refractivity (Wildman–Crippen MR) is 98.0 cm³/mol. The maximum atomic E-state index is 13.4. The molecule has 3 rings (SSSR count). The van der Waals surface area contributed by atoms with Gasteiger partial charge in [-0.05, 0) is 48.7 Å². The van der Waals surface area contributed by atoms with Crippen molar-refractivity contribution >= 4 is 23.2 Å². The van der Waals surface area contributed by atoms with E-state index in [0.29, 0.717) is 12.2 Å². The Morgan fingerprint density at radius 3 is 2.85 bits per heavy atom. The normalized spacial score (nSPS) is 14.1. The summed E-state index contributed by atoms with van der Waals surface area (Å²) in [6.07, 6.45) is 2.12. The lowest BCUT2D eigenvalue weighted by molar-refractivity contribution is -0.115. The van der Waals surface area contributed by atoms with Crippen molar-refractivity contribution in [1.82, 2.24) is 10.3 Å². The number of fused-ring (bicyclic) bond motifs is 1. The topological polar surface area (TPSA) is 83.1 Å². The van der Waals surface area contributed by atoms with Gasteiger partial charge in [-0.15, -0.1) is 0 Å². The number of alkyl halides is 2. The van der Waals surface area contributed by atoms with Crippen LogP contribution in [-0.2, 0) is 17.8 Å². The predicted octanol–water partition coefficient (Wildman–Crippen LogP) is 2.88. The molecule has 0 radical (unpaired) electrons. The van der Waals surface area contributed by atoms with E-state index < -0.39 is 18.3 Å². The Morgan fingerprint density at radius 2 is 2.11 bits per heavy atom. The number of hydrogen-bond acceptors (Lipinski definition) is 4. The van der Waals surface area contributed by atoms with Gasteiger partial charge in [0.1, 0.15) is 0 Å². The zero-order valence-electron chi connectivity index (χ0n) is 15.0. The Bertz CT molecular complexity index is 894. The lowest BCUT2D eigenvalue weighted by atomic mass is 10.0. The third kappa shape index (κ3) is 4.65. The van der Waals surface area contributed by atoms with Crippen LogP contribution >= 0.6 is 0 Å². The summed E-state index contributed by atoms with van der Waals surface area (Å²) >= 11 is 0. The number of pyridine rings is 1. The summed E-state index contributed by atoms with van der Waals surface area (Å²) in [5, 5.41) is 8.60. The van der Waals surface area contributed by atoms with Crippen molar-refractivity contribution in [2.75, 3.05) is 17.2 Å². The number of rotatable bonds is 4. The first-order valence-electron chi connectivity index (χ1n) is 8.49.